The van der Waals surface area contributed by atoms with Crippen molar-refractivity contribution in [2.24, 2.45) is 0 Å². The van der Waals surface area contributed by atoms with Gasteiger partial charge in [0.25, 0.3) is 6.71 Å². The Labute approximate surface area is 253 Å². The zero-order chi connectivity index (χ0) is 29.4. The lowest BCUT2D eigenvalue weighted by molar-refractivity contribution is 1.24. The van der Waals surface area contributed by atoms with Gasteiger partial charge in [-0.3, -0.25) is 0 Å². The summed E-state index contributed by atoms with van der Waals surface area (Å²) in [6.45, 7) is 17.1. The molecule has 0 N–H and O–H groups in total. The smallest absolute Gasteiger partial charge is 0.252 e. The fourth-order valence-corrected chi connectivity index (χ4v) is 9.14. The van der Waals surface area contributed by atoms with Gasteiger partial charge in [-0.05, 0) is 77.4 Å². The largest absolute Gasteiger partial charge is 0.311 e. The number of rotatable bonds is 4. The highest BCUT2D eigenvalue weighted by Gasteiger charge is 2.43. The first-order chi connectivity index (χ1) is 20.0. The van der Waals surface area contributed by atoms with Crippen molar-refractivity contribution in [3.05, 3.63) is 115 Å². The second kappa shape index (κ2) is 9.62. The van der Waals surface area contributed by atoms with E-state index in [4.69, 9.17) is 0 Å². The molecule has 7 rings (SSSR count). The molecular formula is C37H39BN2Si2. The first-order valence-corrected chi connectivity index (χ1v) is 22.2. The van der Waals surface area contributed by atoms with Crippen LogP contribution in [-0.2, 0) is 0 Å². The third kappa shape index (κ3) is 4.29. The van der Waals surface area contributed by atoms with Crippen LogP contribution in [0.2, 0.25) is 39.3 Å². The number of anilines is 6. The van der Waals surface area contributed by atoms with Crippen molar-refractivity contribution in [3.63, 3.8) is 0 Å². The van der Waals surface area contributed by atoms with Gasteiger partial charge in [-0.15, -0.1) is 0 Å². The molecule has 0 radical (unpaired) electrons. The molecule has 42 heavy (non-hydrogen) atoms. The van der Waals surface area contributed by atoms with Crippen LogP contribution in [0.25, 0.3) is 0 Å². The van der Waals surface area contributed by atoms with E-state index in [1.165, 1.54) is 66.4 Å². The van der Waals surface area contributed by atoms with Gasteiger partial charge in [0, 0.05) is 34.1 Å². The van der Waals surface area contributed by atoms with Crippen LogP contribution in [0.15, 0.2) is 109 Å². The molecule has 0 unspecified atom stereocenters. The fourth-order valence-electron chi connectivity index (χ4n) is 6.80. The Kier molecular flexibility index (Phi) is 6.19. The first-order valence-electron chi connectivity index (χ1n) is 15.2. The Morgan fingerprint density at radius 2 is 1.00 bits per heavy atom. The van der Waals surface area contributed by atoms with Crippen LogP contribution >= 0.6 is 0 Å². The molecule has 0 aromatic heterocycles. The Balaban J connectivity index is 1.56. The van der Waals surface area contributed by atoms with Crippen LogP contribution in [0.5, 0.6) is 0 Å². The molecule has 5 heteroatoms. The summed E-state index contributed by atoms with van der Waals surface area (Å²) in [4.78, 5) is 5.02. The van der Waals surface area contributed by atoms with E-state index in [0.29, 0.717) is 0 Å². The van der Waals surface area contributed by atoms with Crippen molar-refractivity contribution in [2.75, 3.05) is 9.80 Å². The fraction of sp³-hybridized carbons (Fsp3) is 0.189. The summed E-state index contributed by atoms with van der Waals surface area (Å²) in [7, 11) is -2.95. The maximum Gasteiger partial charge on any atom is 0.252 e. The number of hydrogen-bond donors (Lipinski definition) is 0. The predicted molar refractivity (Wildman–Crippen MR) is 191 cm³/mol. The molecule has 2 heterocycles. The molecule has 5 aromatic rings. The van der Waals surface area contributed by atoms with E-state index in [9.17, 15) is 0 Å². The number of aryl methyl sites for hydroxylation is 1. The van der Waals surface area contributed by atoms with E-state index in [1.54, 1.807) is 0 Å². The molecule has 0 saturated carbocycles. The molecule has 5 aromatic carbocycles. The lowest BCUT2D eigenvalue weighted by Crippen LogP contribution is -2.62. The summed E-state index contributed by atoms with van der Waals surface area (Å²) in [5.74, 6) is 0. The molecule has 2 nitrogen and oxygen atoms in total. The van der Waals surface area contributed by atoms with E-state index in [1.807, 2.05) is 0 Å². The summed E-state index contributed by atoms with van der Waals surface area (Å²) in [6, 6.07) is 41.5. The van der Waals surface area contributed by atoms with E-state index < -0.39 is 16.1 Å². The van der Waals surface area contributed by atoms with Gasteiger partial charge in [0.2, 0.25) is 0 Å². The highest BCUT2D eigenvalue weighted by Crippen LogP contribution is 2.44. The predicted octanol–water partition coefficient (Wildman–Crippen LogP) is 7.17. The highest BCUT2D eigenvalue weighted by atomic mass is 28.3. The number of benzene rings is 5. The van der Waals surface area contributed by atoms with Crippen molar-refractivity contribution in [1.82, 2.24) is 0 Å². The monoisotopic (exact) mass is 578 g/mol. The van der Waals surface area contributed by atoms with Crippen LogP contribution in [0.1, 0.15) is 5.56 Å². The zero-order valence-electron chi connectivity index (χ0n) is 25.9. The van der Waals surface area contributed by atoms with E-state index in [-0.39, 0.29) is 6.71 Å². The molecule has 0 amide bonds. The summed E-state index contributed by atoms with van der Waals surface area (Å²) >= 11 is 0. The van der Waals surface area contributed by atoms with Gasteiger partial charge in [0.1, 0.15) is 0 Å². The lowest BCUT2D eigenvalue weighted by atomic mass is 9.33. The highest BCUT2D eigenvalue weighted by molar-refractivity contribution is 7.01. The van der Waals surface area contributed by atoms with Gasteiger partial charge < -0.3 is 9.80 Å². The molecule has 2 aliphatic heterocycles. The summed E-state index contributed by atoms with van der Waals surface area (Å²) in [5.41, 5.74) is 13.0. The molecule has 0 atom stereocenters. The second-order valence-corrected chi connectivity index (χ2v) is 24.2. The number of para-hydroxylation sites is 2. The van der Waals surface area contributed by atoms with Crippen LogP contribution in [0.3, 0.4) is 0 Å². The van der Waals surface area contributed by atoms with Gasteiger partial charge >= 0.3 is 0 Å². The molecule has 0 aliphatic carbocycles. The number of fused-ring (bicyclic) bond motifs is 4. The van der Waals surface area contributed by atoms with Gasteiger partial charge in [-0.1, -0.05) is 110 Å². The van der Waals surface area contributed by atoms with Crippen molar-refractivity contribution in [2.45, 2.75) is 46.2 Å². The Morgan fingerprint density at radius 1 is 0.476 bits per heavy atom. The van der Waals surface area contributed by atoms with Gasteiger partial charge in [0.15, 0.2) is 0 Å². The zero-order valence-corrected chi connectivity index (χ0v) is 27.9. The number of nitrogens with zero attached hydrogens (tertiary/aromatic N) is 2. The first kappa shape index (κ1) is 27.1. The minimum atomic E-state index is -1.54. The Hall–Kier alpha value is -3.80. The van der Waals surface area contributed by atoms with E-state index >= 15 is 0 Å². The van der Waals surface area contributed by atoms with E-state index in [0.717, 1.165) is 0 Å². The third-order valence-electron chi connectivity index (χ3n) is 8.99. The lowest BCUT2D eigenvalue weighted by Gasteiger charge is -2.44. The molecule has 0 saturated heterocycles. The third-order valence-corrected chi connectivity index (χ3v) is 13.1. The Bertz CT molecular complexity index is 1820. The molecule has 0 fully saturated rings. The number of hydrogen-bond acceptors (Lipinski definition) is 2. The molecule has 208 valence electrons. The average molecular weight is 579 g/mol. The summed E-state index contributed by atoms with van der Waals surface area (Å²) < 4.78 is 0. The molecule has 0 bridgehead atoms. The standard InChI is InChI=1S/C37H39BN2Si2/c1-26-23-35-37-36(24-26)40(28-17-19-29(20-18-28)41(2,3)4)34-22-21-30(42(5,6)7)25-32(34)38(37)31-15-11-12-16-33(31)39(35)27-13-9-8-10-14-27/h8-25H,1-7H3. The normalized spacial score (nSPS) is 13.9. The topological polar surface area (TPSA) is 6.48 Å². The minimum absolute atomic E-state index is 0.176. The second-order valence-electron chi connectivity index (χ2n) is 14.0. The van der Waals surface area contributed by atoms with Crippen molar-refractivity contribution < 1.29 is 0 Å². The summed E-state index contributed by atoms with van der Waals surface area (Å²) in [6.07, 6.45) is 0. The van der Waals surface area contributed by atoms with Gasteiger partial charge in [0.05, 0.1) is 16.1 Å². The summed E-state index contributed by atoms with van der Waals surface area (Å²) in [5, 5.41) is 3.00. The maximum atomic E-state index is 2.55. The van der Waals surface area contributed by atoms with Crippen molar-refractivity contribution in [3.8, 4) is 0 Å². The maximum absolute atomic E-state index is 2.55. The Morgan fingerprint density at radius 3 is 1.62 bits per heavy atom. The van der Waals surface area contributed by atoms with Crippen LogP contribution in [-0.4, -0.2) is 22.9 Å². The minimum Gasteiger partial charge on any atom is -0.311 e. The average Bonchev–Trinajstić information content (AvgIpc) is 2.96. The van der Waals surface area contributed by atoms with Gasteiger partial charge in [-0.25, -0.2) is 0 Å². The molecular weight excluding hydrogens is 539 g/mol. The molecule has 2 aliphatic rings. The van der Waals surface area contributed by atoms with Gasteiger partial charge in [-0.2, -0.15) is 0 Å². The van der Waals surface area contributed by atoms with Crippen LogP contribution in [0.4, 0.5) is 34.1 Å². The van der Waals surface area contributed by atoms with Crippen LogP contribution in [0, 0.1) is 6.92 Å². The quantitative estimate of drug-likeness (QED) is 0.204. The van der Waals surface area contributed by atoms with Crippen molar-refractivity contribution >= 4 is 83.7 Å². The SMILES string of the molecule is Cc1cc2c3c(c1)N(c1ccc([Si](C)(C)C)cc1)c1ccc([Si](C)(C)C)cc1B3c1ccccc1N2c1ccccc1. The molecule has 0 spiro atoms. The van der Waals surface area contributed by atoms with E-state index in [2.05, 4.69) is 165 Å². The van der Waals surface area contributed by atoms with Crippen molar-refractivity contribution in [1.29, 1.82) is 0 Å². The van der Waals surface area contributed by atoms with Crippen LogP contribution < -0.4 is 36.6 Å².